The Labute approximate surface area is 137 Å². The van der Waals surface area contributed by atoms with Gasteiger partial charge in [-0.3, -0.25) is 14.2 Å². The van der Waals surface area contributed by atoms with Gasteiger partial charge in [0.15, 0.2) is 5.16 Å². The lowest BCUT2D eigenvalue weighted by atomic mass is 10.2. The van der Waals surface area contributed by atoms with Gasteiger partial charge in [0.05, 0.1) is 10.6 Å². The molecule has 5 nitrogen and oxygen atoms in total. The Kier molecular flexibility index (Phi) is 4.03. The van der Waals surface area contributed by atoms with E-state index in [0.717, 1.165) is 29.5 Å². The Bertz CT molecular complexity index is 807. The highest BCUT2D eigenvalue weighted by atomic mass is 32.2. The Hall–Kier alpha value is -1.34. The minimum absolute atomic E-state index is 0.0106. The number of fused-ring (bicyclic) bond motifs is 3. The number of rotatable bonds is 3. The zero-order chi connectivity index (χ0) is 16.0. The molecule has 0 saturated carbocycles. The smallest absolute Gasteiger partial charge is 0.262 e. The van der Waals surface area contributed by atoms with Crippen LogP contribution in [0.1, 0.15) is 23.8 Å². The van der Waals surface area contributed by atoms with Crippen LogP contribution >= 0.6 is 23.1 Å². The van der Waals surface area contributed by atoms with Gasteiger partial charge in [-0.25, -0.2) is 4.98 Å². The van der Waals surface area contributed by atoms with E-state index < -0.39 is 0 Å². The largest absolute Gasteiger partial charge is 0.348 e. The third-order valence-corrected chi connectivity index (χ3v) is 6.29. The highest BCUT2D eigenvalue weighted by molar-refractivity contribution is 8.00. The number of thioether (sulfide) groups is 1. The van der Waals surface area contributed by atoms with Gasteiger partial charge in [0.2, 0.25) is 5.91 Å². The van der Waals surface area contributed by atoms with Crippen LogP contribution in [0.15, 0.2) is 9.95 Å². The SMILES string of the molecule is C[C@@H](Sc1nc2sc3c(c2c(=O)n1C)CCC3)C(=O)N(C)C. The number of hydrogen-bond donors (Lipinski definition) is 0. The van der Waals surface area contributed by atoms with Crippen LogP contribution in [0.25, 0.3) is 10.2 Å². The molecule has 0 aliphatic heterocycles. The van der Waals surface area contributed by atoms with Crippen molar-refractivity contribution in [1.29, 1.82) is 0 Å². The van der Waals surface area contributed by atoms with E-state index in [-0.39, 0.29) is 16.7 Å². The lowest BCUT2D eigenvalue weighted by Crippen LogP contribution is -2.30. The fraction of sp³-hybridized carbons (Fsp3) is 0.533. The first-order valence-corrected chi connectivity index (χ1v) is 8.99. The van der Waals surface area contributed by atoms with Crippen LogP contribution in [0.2, 0.25) is 0 Å². The number of carbonyl (C=O) groups excluding carboxylic acids is 1. The summed E-state index contributed by atoms with van der Waals surface area (Å²) in [5.74, 6) is 0.0213. The summed E-state index contributed by atoms with van der Waals surface area (Å²) in [6.07, 6.45) is 3.16. The third kappa shape index (κ3) is 2.46. The van der Waals surface area contributed by atoms with Gasteiger partial charge in [-0.1, -0.05) is 11.8 Å². The van der Waals surface area contributed by atoms with E-state index in [9.17, 15) is 9.59 Å². The molecule has 2 heterocycles. The van der Waals surface area contributed by atoms with Crippen molar-refractivity contribution in [2.75, 3.05) is 14.1 Å². The normalized spacial score (nSPS) is 15.1. The summed E-state index contributed by atoms with van der Waals surface area (Å²) in [7, 11) is 5.21. The Morgan fingerprint density at radius 3 is 2.82 bits per heavy atom. The van der Waals surface area contributed by atoms with Gasteiger partial charge < -0.3 is 4.90 Å². The van der Waals surface area contributed by atoms with Crippen LogP contribution in [0.3, 0.4) is 0 Å². The molecule has 0 N–H and O–H groups in total. The quantitative estimate of drug-likeness (QED) is 0.635. The number of aromatic nitrogens is 2. The average molecular weight is 337 g/mol. The second kappa shape index (κ2) is 5.70. The summed E-state index contributed by atoms with van der Waals surface area (Å²) in [5, 5.41) is 1.13. The summed E-state index contributed by atoms with van der Waals surface area (Å²) in [5.41, 5.74) is 1.21. The molecule has 0 spiro atoms. The number of aryl methyl sites for hydroxylation is 2. The van der Waals surface area contributed by atoms with Crippen molar-refractivity contribution < 1.29 is 4.79 Å². The first kappa shape index (κ1) is 15.6. The van der Waals surface area contributed by atoms with Crippen molar-refractivity contribution >= 4 is 39.2 Å². The molecule has 2 aromatic heterocycles. The lowest BCUT2D eigenvalue weighted by molar-refractivity contribution is -0.127. The van der Waals surface area contributed by atoms with Crippen LogP contribution in [-0.2, 0) is 24.7 Å². The highest BCUT2D eigenvalue weighted by Crippen LogP contribution is 2.35. The zero-order valence-corrected chi connectivity index (χ0v) is 14.8. The molecule has 118 valence electrons. The second-order valence-corrected chi connectivity index (χ2v) is 8.18. The fourth-order valence-corrected chi connectivity index (χ4v) is 5.11. The number of hydrogen-bond acceptors (Lipinski definition) is 5. The topological polar surface area (TPSA) is 55.2 Å². The molecule has 2 aromatic rings. The van der Waals surface area contributed by atoms with Crippen LogP contribution in [0.4, 0.5) is 0 Å². The van der Waals surface area contributed by atoms with Crippen LogP contribution in [0, 0.1) is 0 Å². The number of amides is 1. The molecule has 3 rings (SSSR count). The van der Waals surface area contributed by atoms with Gasteiger partial charge in [-0.15, -0.1) is 11.3 Å². The monoisotopic (exact) mass is 337 g/mol. The first-order chi connectivity index (χ1) is 10.4. The van der Waals surface area contributed by atoms with Crippen LogP contribution < -0.4 is 5.56 Å². The van der Waals surface area contributed by atoms with Gasteiger partial charge in [0.25, 0.3) is 5.56 Å². The molecular weight excluding hydrogens is 318 g/mol. The molecule has 0 saturated heterocycles. The Morgan fingerprint density at radius 1 is 1.41 bits per heavy atom. The fourth-order valence-electron chi connectivity index (χ4n) is 2.78. The van der Waals surface area contributed by atoms with E-state index in [1.165, 1.54) is 22.2 Å². The van der Waals surface area contributed by atoms with Crippen molar-refractivity contribution in [1.82, 2.24) is 14.5 Å². The minimum Gasteiger partial charge on any atom is -0.348 e. The maximum Gasteiger partial charge on any atom is 0.262 e. The van der Waals surface area contributed by atoms with Crippen molar-refractivity contribution in [2.45, 2.75) is 36.6 Å². The van der Waals surface area contributed by atoms with Crippen molar-refractivity contribution in [3.05, 3.63) is 20.8 Å². The first-order valence-electron chi connectivity index (χ1n) is 7.29. The van der Waals surface area contributed by atoms with Gasteiger partial charge in [0, 0.05) is 26.0 Å². The van der Waals surface area contributed by atoms with E-state index >= 15 is 0 Å². The van der Waals surface area contributed by atoms with E-state index in [2.05, 4.69) is 4.98 Å². The minimum atomic E-state index is -0.266. The predicted molar refractivity (Wildman–Crippen MR) is 90.9 cm³/mol. The molecule has 22 heavy (non-hydrogen) atoms. The van der Waals surface area contributed by atoms with E-state index in [0.29, 0.717) is 5.16 Å². The predicted octanol–water partition coefficient (Wildman–Crippen LogP) is 2.05. The molecule has 0 radical (unpaired) electrons. The van der Waals surface area contributed by atoms with E-state index in [1.54, 1.807) is 41.9 Å². The summed E-state index contributed by atoms with van der Waals surface area (Å²) in [4.78, 5) is 33.0. The van der Waals surface area contributed by atoms with Crippen LogP contribution in [0.5, 0.6) is 0 Å². The standard InChI is InChI=1S/C15H19N3O2S2/c1-8(13(19)17(2)3)21-15-16-12-11(14(20)18(15)4)9-6-5-7-10(9)22-12/h8H,5-7H2,1-4H3/t8-/m1/s1. The van der Waals surface area contributed by atoms with E-state index in [4.69, 9.17) is 0 Å². The number of carbonyl (C=O) groups is 1. The number of nitrogens with zero attached hydrogens (tertiary/aromatic N) is 3. The molecule has 0 bridgehead atoms. The van der Waals surface area contributed by atoms with E-state index in [1.807, 2.05) is 6.92 Å². The summed E-state index contributed by atoms with van der Waals surface area (Å²) < 4.78 is 1.58. The lowest BCUT2D eigenvalue weighted by Gasteiger charge is -2.17. The van der Waals surface area contributed by atoms with Gasteiger partial charge in [0.1, 0.15) is 4.83 Å². The maximum absolute atomic E-state index is 12.7. The van der Waals surface area contributed by atoms with Crippen molar-refractivity contribution in [3.8, 4) is 0 Å². The van der Waals surface area contributed by atoms with Gasteiger partial charge in [-0.05, 0) is 31.7 Å². The molecule has 1 aliphatic carbocycles. The molecule has 0 unspecified atom stereocenters. The molecule has 0 aromatic carbocycles. The molecule has 0 fully saturated rings. The van der Waals surface area contributed by atoms with Crippen LogP contribution in [-0.4, -0.2) is 39.7 Å². The number of thiophene rings is 1. The van der Waals surface area contributed by atoms with Crippen molar-refractivity contribution in [2.24, 2.45) is 7.05 Å². The van der Waals surface area contributed by atoms with Gasteiger partial charge >= 0.3 is 0 Å². The molecule has 1 amide bonds. The maximum atomic E-state index is 12.7. The molecule has 7 heteroatoms. The Balaban J connectivity index is 2.03. The molecule has 1 aliphatic rings. The third-order valence-electron chi connectivity index (χ3n) is 3.98. The molecule has 1 atom stereocenters. The molecular formula is C15H19N3O2S2. The second-order valence-electron chi connectivity index (χ2n) is 5.79. The zero-order valence-electron chi connectivity index (χ0n) is 13.2. The average Bonchev–Trinajstić information content (AvgIpc) is 3.03. The summed E-state index contributed by atoms with van der Waals surface area (Å²) in [6.45, 7) is 1.84. The van der Waals surface area contributed by atoms with Crippen molar-refractivity contribution in [3.63, 3.8) is 0 Å². The summed E-state index contributed by atoms with van der Waals surface area (Å²) in [6, 6.07) is 0. The van der Waals surface area contributed by atoms with Gasteiger partial charge in [-0.2, -0.15) is 0 Å². The Morgan fingerprint density at radius 2 is 2.14 bits per heavy atom. The summed E-state index contributed by atoms with van der Waals surface area (Å²) >= 11 is 2.98. The highest BCUT2D eigenvalue weighted by Gasteiger charge is 2.24.